The van der Waals surface area contributed by atoms with Crippen LogP contribution in [-0.2, 0) is 6.54 Å². The minimum Gasteiger partial charge on any atom is -0.494 e. The van der Waals surface area contributed by atoms with Crippen molar-refractivity contribution < 1.29 is 9.84 Å². The maximum atomic E-state index is 10.5. The van der Waals surface area contributed by atoms with Crippen LogP contribution in [0.2, 0.25) is 0 Å². The first-order chi connectivity index (χ1) is 13.2. The first-order valence-corrected chi connectivity index (χ1v) is 9.84. The molecule has 1 heterocycles. The summed E-state index contributed by atoms with van der Waals surface area (Å²) in [6.45, 7) is 3.64. The minimum atomic E-state index is -0.581. The third kappa shape index (κ3) is 6.08. The van der Waals surface area contributed by atoms with E-state index in [2.05, 4.69) is 27.8 Å². The van der Waals surface area contributed by atoms with E-state index in [9.17, 15) is 5.11 Å². The second kappa shape index (κ2) is 11.2. The van der Waals surface area contributed by atoms with Crippen LogP contribution in [0.1, 0.15) is 23.5 Å². The van der Waals surface area contributed by atoms with Crippen molar-refractivity contribution >= 4 is 51.4 Å². The third-order valence-corrected chi connectivity index (χ3v) is 5.35. The molecule has 2 aromatic carbocycles. The Bertz CT molecular complexity index is 880. The molecule has 0 aliphatic carbocycles. The van der Waals surface area contributed by atoms with Crippen LogP contribution in [0.3, 0.4) is 0 Å². The maximum absolute atomic E-state index is 10.5. The Balaban J connectivity index is 0.00000280. The fourth-order valence-electron chi connectivity index (χ4n) is 2.78. The lowest BCUT2D eigenvalue weighted by Crippen LogP contribution is -2.38. The van der Waals surface area contributed by atoms with E-state index in [1.807, 2.05) is 49.4 Å². The molecule has 0 bridgehead atoms. The molecule has 7 heteroatoms. The monoisotopic (exact) mass is 511 g/mol. The lowest BCUT2D eigenvalue weighted by Gasteiger charge is -2.15. The number of hydrogen-bond acceptors (Lipinski definition) is 4. The first-order valence-electron chi connectivity index (χ1n) is 9.02. The van der Waals surface area contributed by atoms with Gasteiger partial charge in [-0.15, -0.1) is 35.3 Å². The molecule has 3 rings (SSSR count). The lowest BCUT2D eigenvalue weighted by molar-refractivity contribution is 0.184. The first kappa shape index (κ1) is 22.4. The smallest absolute Gasteiger partial charge is 0.191 e. The van der Waals surface area contributed by atoms with Gasteiger partial charge in [0, 0.05) is 29.7 Å². The summed E-state index contributed by atoms with van der Waals surface area (Å²) in [5.41, 5.74) is 1.11. The number of benzene rings is 2. The molecule has 28 heavy (non-hydrogen) atoms. The average Bonchev–Trinajstić information content (AvgIpc) is 3.13. The highest BCUT2D eigenvalue weighted by atomic mass is 127. The van der Waals surface area contributed by atoms with Crippen molar-refractivity contribution in [3.05, 3.63) is 65.0 Å². The summed E-state index contributed by atoms with van der Waals surface area (Å²) < 4.78 is 6.71. The van der Waals surface area contributed by atoms with Crippen LogP contribution < -0.4 is 15.4 Å². The molecule has 3 N–H and O–H groups in total. The van der Waals surface area contributed by atoms with Crippen LogP contribution in [0.25, 0.3) is 10.1 Å². The molecule has 0 saturated carbocycles. The Kier molecular flexibility index (Phi) is 9.01. The Morgan fingerprint density at radius 1 is 1.14 bits per heavy atom. The lowest BCUT2D eigenvalue weighted by atomic mass is 10.2. The number of ether oxygens (including phenoxy) is 1. The zero-order chi connectivity index (χ0) is 19.1. The van der Waals surface area contributed by atoms with Crippen LogP contribution in [0.4, 0.5) is 0 Å². The Morgan fingerprint density at radius 2 is 1.96 bits per heavy atom. The predicted octanol–water partition coefficient (Wildman–Crippen LogP) is 4.32. The van der Waals surface area contributed by atoms with Gasteiger partial charge in [-0.1, -0.05) is 30.3 Å². The zero-order valence-corrected chi connectivity index (χ0v) is 19.2. The summed E-state index contributed by atoms with van der Waals surface area (Å²) in [6, 6.07) is 18.2. The van der Waals surface area contributed by atoms with Crippen molar-refractivity contribution in [2.24, 2.45) is 4.99 Å². The van der Waals surface area contributed by atoms with Crippen molar-refractivity contribution in [3.8, 4) is 5.75 Å². The van der Waals surface area contributed by atoms with E-state index >= 15 is 0 Å². The summed E-state index contributed by atoms with van der Waals surface area (Å²) in [5.74, 6) is 1.51. The van der Waals surface area contributed by atoms with Crippen molar-refractivity contribution in [3.63, 3.8) is 0 Å². The number of halogens is 1. The van der Waals surface area contributed by atoms with Gasteiger partial charge in [-0.25, -0.2) is 0 Å². The van der Waals surface area contributed by atoms with Gasteiger partial charge in [0.15, 0.2) is 5.96 Å². The Morgan fingerprint density at radius 3 is 2.71 bits per heavy atom. The van der Waals surface area contributed by atoms with E-state index in [0.717, 1.165) is 21.6 Å². The van der Waals surface area contributed by atoms with E-state index in [1.165, 1.54) is 4.70 Å². The fraction of sp³-hybridized carbons (Fsp3) is 0.286. The average molecular weight is 511 g/mol. The number of hydrogen-bond donors (Lipinski definition) is 3. The standard InChI is InChI=1S/C21H25N3O2S.HI/c1-3-26-17-9-6-7-15(11-17)13-23-21(22-2)24-14-18(25)20-12-16-8-4-5-10-19(16)27-20;/h4-12,18,25H,3,13-14H2,1-2H3,(H2,22,23,24);1H. The number of rotatable bonds is 7. The van der Waals surface area contributed by atoms with Crippen LogP contribution in [0, 0.1) is 0 Å². The number of thiophene rings is 1. The highest BCUT2D eigenvalue weighted by Gasteiger charge is 2.12. The number of aliphatic imine (C=N–C) groups is 1. The summed E-state index contributed by atoms with van der Waals surface area (Å²) in [4.78, 5) is 5.17. The minimum absolute atomic E-state index is 0. The summed E-state index contributed by atoms with van der Waals surface area (Å²) in [7, 11) is 1.72. The van der Waals surface area contributed by atoms with Gasteiger partial charge < -0.3 is 20.5 Å². The number of nitrogens with zero attached hydrogens (tertiary/aromatic N) is 1. The number of nitrogens with one attached hydrogen (secondary N) is 2. The van der Waals surface area contributed by atoms with Gasteiger partial charge in [0.05, 0.1) is 6.61 Å². The molecule has 1 unspecified atom stereocenters. The van der Waals surface area contributed by atoms with E-state index in [0.29, 0.717) is 25.7 Å². The second-order valence-electron chi connectivity index (χ2n) is 6.09. The van der Waals surface area contributed by atoms with Crippen molar-refractivity contribution in [1.82, 2.24) is 10.6 Å². The molecule has 5 nitrogen and oxygen atoms in total. The van der Waals surface area contributed by atoms with Crippen LogP contribution in [-0.4, -0.2) is 31.3 Å². The van der Waals surface area contributed by atoms with Gasteiger partial charge >= 0.3 is 0 Å². The quantitative estimate of drug-likeness (QED) is 0.251. The number of aliphatic hydroxyl groups is 1. The fourth-order valence-corrected chi connectivity index (χ4v) is 3.83. The molecule has 0 fully saturated rings. The van der Waals surface area contributed by atoms with Crippen LogP contribution in [0.5, 0.6) is 5.75 Å². The molecule has 0 saturated heterocycles. The van der Waals surface area contributed by atoms with Gasteiger partial charge in [0.25, 0.3) is 0 Å². The predicted molar refractivity (Wildman–Crippen MR) is 128 cm³/mol. The van der Waals surface area contributed by atoms with E-state index in [-0.39, 0.29) is 24.0 Å². The largest absolute Gasteiger partial charge is 0.494 e. The van der Waals surface area contributed by atoms with Crippen molar-refractivity contribution in [1.29, 1.82) is 0 Å². The molecule has 150 valence electrons. The molecular formula is C21H26IN3O2S. The summed E-state index contributed by atoms with van der Waals surface area (Å²) in [5, 5.41) is 18.1. The van der Waals surface area contributed by atoms with Gasteiger partial charge in [0.2, 0.25) is 0 Å². The molecule has 0 spiro atoms. The van der Waals surface area contributed by atoms with E-state index in [4.69, 9.17) is 4.74 Å². The molecule has 0 amide bonds. The normalized spacial score (nSPS) is 12.3. The molecular weight excluding hydrogens is 485 g/mol. The molecule has 1 atom stereocenters. The summed E-state index contributed by atoms with van der Waals surface area (Å²) >= 11 is 1.62. The second-order valence-corrected chi connectivity index (χ2v) is 7.20. The molecule has 0 aliphatic heterocycles. The third-order valence-electron chi connectivity index (χ3n) is 4.13. The number of aliphatic hydroxyl groups excluding tert-OH is 1. The molecule has 1 aromatic heterocycles. The highest BCUT2D eigenvalue weighted by molar-refractivity contribution is 14.0. The van der Waals surface area contributed by atoms with Crippen molar-refractivity contribution in [2.45, 2.75) is 19.6 Å². The van der Waals surface area contributed by atoms with E-state index < -0.39 is 6.10 Å². The van der Waals surface area contributed by atoms with Gasteiger partial charge in [-0.05, 0) is 42.1 Å². The van der Waals surface area contributed by atoms with Crippen LogP contribution in [0.15, 0.2) is 59.6 Å². The zero-order valence-electron chi connectivity index (χ0n) is 16.0. The number of fused-ring (bicyclic) bond motifs is 1. The van der Waals surface area contributed by atoms with Gasteiger partial charge in [-0.2, -0.15) is 0 Å². The Hall–Kier alpha value is -1.84. The van der Waals surface area contributed by atoms with Crippen molar-refractivity contribution in [2.75, 3.05) is 20.2 Å². The summed E-state index contributed by atoms with van der Waals surface area (Å²) in [6.07, 6.45) is -0.581. The Labute approximate surface area is 186 Å². The van der Waals surface area contributed by atoms with Gasteiger partial charge in [0.1, 0.15) is 11.9 Å². The van der Waals surface area contributed by atoms with E-state index in [1.54, 1.807) is 18.4 Å². The molecule has 0 aliphatic rings. The highest BCUT2D eigenvalue weighted by Crippen LogP contribution is 2.29. The van der Waals surface area contributed by atoms with Crippen LogP contribution >= 0.6 is 35.3 Å². The maximum Gasteiger partial charge on any atom is 0.191 e. The SMILES string of the molecule is CCOc1cccc(CNC(=NC)NCC(O)c2cc3ccccc3s2)c1.I. The van der Waals surface area contributed by atoms with Gasteiger partial charge in [-0.3, -0.25) is 4.99 Å². The molecule has 0 radical (unpaired) electrons. The molecule has 3 aromatic rings. The topological polar surface area (TPSA) is 65.9 Å². The number of guanidine groups is 1.